The fourth-order valence-corrected chi connectivity index (χ4v) is 1.44. The normalized spacial score (nSPS) is 12.5. The minimum Gasteiger partial charge on any atom is -0.481 e. The summed E-state index contributed by atoms with van der Waals surface area (Å²) in [4.78, 5) is 10.3. The van der Waals surface area contributed by atoms with Gasteiger partial charge in [-0.15, -0.1) is 0 Å². The van der Waals surface area contributed by atoms with E-state index in [0.29, 0.717) is 0 Å². The molecule has 0 aliphatic rings. The second-order valence-electron chi connectivity index (χ2n) is 4.41. The summed E-state index contributed by atoms with van der Waals surface area (Å²) < 4.78 is 0. The van der Waals surface area contributed by atoms with Gasteiger partial charge in [0.25, 0.3) is 0 Å². The highest BCUT2D eigenvalue weighted by atomic mass is 16.4. The number of aliphatic hydroxyl groups excluding tert-OH is 1. The van der Waals surface area contributed by atoms with Gasteiger partial charge in [-0.2, -0.15) is 0 Å². The van der Waals surface area contributed by atoms with Gasteiger partial charge in [-0.3, -0.25) is 4.79 Å². The van der Waals surface area contributed by atoms with E-state index in [2.05, 4.69) is 24.0 Å². The van der Waals surface area contributed by atoms with Gasteiger partial charge < -0.3 is 10.2 Å². The van der Waals surface area contributed by atoms with E-state index in [4.69, 9.17) is 10.2 Å². The van der Waals surface area contributed by atoms with Crippen LogP contribution in [0.4, 0.5) is 0 Å². The highest BCUT2D eigenvalue weighted by molar-refractivity contribution is 5.66. The molecule has 0 aliphatic heterocycles. The summed E-state index contributed by atoms with van der Waals surface area (Å²) in [5.41, 5.74) is 0. The highest BCUT2D eigenvalue weighted by Crippen LogP contribution is 2.03. The topological polar surface area (TPSA) is 57.5 Å². The highest BCUT2D eigenvalue weighted by Gasteiger charge is 1.93. The number of carboxylic acid groups (broad SMARTS) is 1. The molecule has 0 rings (SSSR count). The van der Waals surface area contributed by atoms with E-state index in [1.54, 1.807) is 13.0 Å². The average Bonchev–Trinajstić information content (AvgIpc) is 2.34. The molecule has 106 valence electrons. The maximum atomic E-state index is 10.3. The van der Waals surface area contributed by atoms with Crippen molar-refractivity contribution in [3.05, 3.63) is 24.3 Å². The van der Waals surface area contributed by atoms with Gasteiger partial charge in [0.2, 0.25) is 0 Å². The Hall–Kier alpha value is -1.53. The number of hydrogen-bond donors (Lipinski definition) is 2. The van der Waals surface area contributed by atoms with Gasteiger partial charge in [0, 0.05) is 6.42 Å². The Bertz CT molecular complexity index is 343. The van der Waals surface area contributed by atoms with Crippen LogP contribution in [0.3, 0.4) is 0 Å². The zero-order chi connectivity index (χ0) is 14.3. The Labute approximate surface area is 116 Å². The van der Waals surface area contributed by atoms with Crippen LogP contribution < -0.4 is 0 Å². The first-order valence-electron chi connectivity index (χ1n) is 6.84. The molecule has 3 nitrogen and oxygen atoms in total. The average molecular weight is 264 g/mol. The van der Waals surface area contributed by atoms with Gasteiger partial charge in [-0.25, -0.2) is 0 Å². The van der Waals surface area contributed by atoms with Crippen molar-refractivity contribution >= 4 is 5.97 Å². The Kier molecular flexibility index (Phi) is 11.9. The summed E-state index contributed by atoms with van der Waals surface area (Å²) in [6.07, 6.45) is 13.5. The molecule has 2 N–H and O–H groups in total. The van der Waals surface area contributed by atoms with E-state index < -0.39 is 12.1 Å². The number of carboxylic acids is 1. The summed E-state index contributed by atoms with van der Waals surface area (Å²) in [6, 6.07) is 0. The van der Waals surface area contributed by atoms with Gasteiger partial charge in [-0.05, 0) is 51.5 Å². The van der Waals surface area contributed by atoms with E-state index in [0.717, 1.165) is 38.5 Å². The zero-order valence-electron chi connectivity index (χ0n) is 11.6. The molecule has 0 aliphatic carbocycles. The van der Waals surface area contributed by atoms with Crippen molar-refractivity contribution < 1.29 is 15.0 Å². The lowest BCUT2D eigenvalue weighted by Gasteiger charge is -1.93. The molecule has 0 aromatic rings. The van der Waals surface area contributed by atoms with Gasteiger partial charge >= 0.3 is 5.97 Å². The third-order valence-electron chi connectivity index (χ3n) is 2.41. The number of aliphatic hydroxyl groups is 1. The number of rotatable bonds is 9. The van der Waals surface area contributed by atoms with Gasteiger partial charge in [-0.1, -0.05) is 30.1 Å². The summed E-state index contributed by atoms with van der Waals surface area (Å²) in [5.74, 6) is 4.70. The molecule has 1 unspecified atom stereocenters. The molecule has 0 spiro atoms. The fourth-order valence-electron chi connectivity index (χ4n) is 1.44. The van der Waals surface area contributed by atoms with Gasteiger partial charge in [0.05, 0.1) is 0 Å². The van der Waals surface area contributed by atoms with Crippen LogP contribution in [0, 0.1) is 11.8 Å². The summed E-state index contributed by atoms with van der Waals surface area (Å²) in [5, 5.41) is 17.3. The Morgan fingerprint density at radius 3 is 2.26 bits per heavy atom. The molecule has 1 atom stereocenters. The number of allylic oxidation sites excluding steroid dienone is 4. The lowest BCUT2D eigenvalue weighted by molar-refractivity contribution is -0.137. The van der Waals surface area contributed by atoms with Crippen molar-refractivity contribution in [1.29, 1.82) is 0 Å². The predicted octanol–water partition coefficient (Wildman–Crippen LogP) is 3.30. The molecule has 0 aromatic heterocycles. The molecule has 0 fully saturated rings. The zero-order valence-corrected chi connectivity index (χ0v) is 11.6. The van der Waals surface area contributed by atoms with Crippen molar-refractivity contribution in [3.8, 4) is 11.8 Å². The van der Waals surface area contributed by atoms with Crippen LogP contribution >= 0.6 is 0 Å². The Morgan fingerprint density at radius 2 is 1.68 bits per heavy atom. The molecule has 3 heteroatoms. The van der Waals surface area contributed by atoms with Crippen LogP contribution in [-0.2, 0) is 4.79 Å². The third kappa shape index (κ3) is 16.5. The maximum Gasteiger partial charge on any atom is 0.303 e. The van der Waals surface area contributed by atoms with E-state index in [1.165, 1.54) is 0 Å². The first-order chi connectivity index (χ1) is 9.13. The van der Waals surface area contributed by atoms with Crippen LogP contribution in [0.1, 0.15) is 51.9 Å². The van der Waals surface area contributed by atoms with Crippen molar-refractivity contribution in [2.24, 2.45) is 0 Å². The van der Waals surface area contributed by atoms with E-state index in [1.807, 2.05) is 6.08 Å². The van der Waals surface area contributed by atoms with E-state index >= 15 is 0 Å². The van der Waals surface area contributed by atoms with Crippen LogP contribution in [0.15, 0.2) is 24.3 Å². The number of aliphatic carboxylic acids is 1. The molecule has 0 saturated carbocycles. The second kappa shape index (κ2) is 12.9. The first kappa shape index (κ1) is 17.5. The predicted molar refractivity (Wildman–Crippen MR) is 77.7 cm³/mol. The molecule has 0 amide bonds. The lowest BCUT2D eigenvalue weighted by atomic mass is 10.1. The molecular weight excluding hydrogens is 240 g/mol. The standard InChI is InChI=1S/C16H24O3/c1-15(17)13-11-9-7-5-3-2-4-6-8-10-12-14-16(18)19/h6-9,15,17H,2-5,10,12,14H2,1H3,(H,18,19)/b8-6-,9-7-. The van der Waals surface area contributed by atoms with Crippen LogP contribution in [0.5, 0.6) is 0 Å². The molecule has 0 bridgehead atoms. The van der Waals surface area contributed by atoms with Crippen molar-refractivity contribution in [2.75, 3.05) is 0 Å². The van der Waals surface area contributed by atoms with Crippen molar-refractivity contribution in [1.82, 2.24) is 0 Å². The van der Waals surface area contributed by atoms with Gasteiger partial charge in [0.1, 0.15) is 6.10 Å². The van der Waals surface area contributed by atoms with E-state index in [-0.39, 0.29) is 6.42 Å². The largest absolute Gasteiger partial charge is 0.481 e. The summed E-state index contributed by atoms with van der Waals surface area (Å²) in [6.45, 7) is 1.64. The monoisotopic (exact) mass is 264 g/mol. The number of unbranched alkanes of at least 4 members (excludes halogenated alkanes) is 4. The van der Waals surface area contributed by atoms with Crippen LogP contribution in [0.2, 0.25) is 0 Å². The van der Waals surface area contributed by atoms with Crippen LogP contribution in [-0.4, -0.2) is 22.3 Å². The van der Waals surface area contributed by atoms with Crippen LogP contribution in [0.25, 0.3) is 0 Å². The minimum atomic E-state index is -0.723. The van der Waals surface area contributed by atoms with E-state index in [9.17, 15) is 4.79 Å². The Balaban J connectivity index is 3.34. The minimum absolute atomic E-state index is 0.253. The summed E-state index contributed by atoms with van der Waals surface area (Å²) >= 11 is 0. The third-order valence-corrected chi connectivity index (χ3v) is 2.41. The second-order valence-corrected chi connectivity index (χ2v) is 4.41. The number of carbonyl (C=O) groups is 1. The molecule has 19 heavy (non-hydrogen) atoms. The molecule has 0 heterocycles. The lowest BCUT2D eigenvalue weighted by Crippen LogP contribution is -1.92. The quantitative estimate of drug-likeness (QED) is 0.381. The summed E-state index contributed by atoms with van der Waals surface area (Å²) in [7, 11) is 0. The van der Waals surface area contributed by atoms with Crippen molar-refractivity contribution in [2.45, 2.75) is 58.0 Å². The number of hydrogen-bond acceptors (Lipinski definition) is 2. The molecule has 0 radical (unpaired) electrons. The maximum absolute atomic E-state index is 10.3. The Morgan fingerprint density at radius 1 is 1.11 bits per heavy atom. The smallest absolute Gasteiger partial charge is 0.303 e. The molecule has 0 saturated heterocycles. The van der Waals surface area contributed by atoms with Gasteiger partial charge in [0.15, 0.2) is 0 Å². The first-order valence-corrected chi connectivity index (χ1v) is 6.84. The molecule has 0 aromatic carbocycles. The molecular formula is C16H24O3. The van der Waals surface area contributed by atoms with Crippen molar-refractivity contribution in [3.63, 3.8) is 0 Å². The fraction of sp³-hybridized carbons (Fsp3) is 0.562. The SMILES string of the molecule is CC(O)C#C/C=C\CCCC/C=C\CCCC(=O)O.